The standard InChI is InChI=1S/C25H24F2N6/c26-21-8-6-19(7-9-21)18-33-25(28-29-30-33)24(20-4-2-1-3-5-20)32-16-14-31(15-17-32)23-12-10-22(27)11-13-23/h1-13,24H,14-18H2/t24-/m0/s1. The van der Waals surface area contributed by atoms with Gasteiger partial charge in [-0.05, 0) is 58.0 Å². The van der Waals surface area contributed by atoms with Crippen LogP contribution in [0.15, 0.2) is 78.9 Å². The number of rotatable bonds is 6. The highest BCUT2D eigenvalue weighted by molar-refractivity contribution is 5.46. The molecule has 1 atom stereocenters. The predicted molar refractivity (Wildman–Crippen MR) is 122 cm³/mol. The van der Waals surface area contributed by atoms with Gasteiger partial charge < -0.3 is 4.90 Å². The third-order valence-electron chi connectivity index (χ3n) is 6.04. The Bertz CT molecular complexity index is 1170. The fourth-order valence-corrected chi connectivity index (χ4v) is 4.33. The van der Waals surface area contributed by atoms with Crippen molar-refractivity contribution in [3.8, 4) is 0 Å². The minimum absolute atomic E-state index is 0.114. The van der Waals surface area contributed by atoms with E-state index in [0.717, 1.165) is 48.8 Å². The molecule has 3 aromatic carbocycles. The first-order valence-corrected chi connectivity index (χ1v) is 11.0. The van der Waals surface area contributed by atoms with Gasteiger partial charge in [-0.25, -0.2) is 13.5 Å². The number of anilines is 1. The molecule has 0 spiro atoms. The maximum absolute atomic E-state index is 13.3. The molecule has 0 amide bonds. The lowest BCUT2D eigenvalue weighted by Crippen LogP contribution is -2.48. The number of piperazine rings is 1. The zero-order valence-corrected chi connectivity index (χ0v) is 18.1. The van der Waals surface area contributed by atoms with Gasteiger partial charge >= 0.3 is 0 Å². The van der Waals surface area contributed by atoms with Crippen LogP contribution in [0.3, 0.4) is 0 Å². The number of halogens is 2. The third kappa shape index (κ3) is 4.75. The molecule has 0 N–H and O–H groups in total. The Labute approximate surface area is 191 Å². The monoisotopic (exact) mass is 446 g/mol. The van der Waals surface area contributed by atoms with E-state index in [9.17, 15) is 8.78 Å². The minimum atomic E-state index is -0.267. The van der Waals surface area contributed by atoms with Gasteiger partial charge in [-0.2, -0.15) is 0 Å². The SMILES string of the molecule is Fc1ccc(Cn2nnnc2[C@H](c2ccccc2)N2CCN(c3ccc(F)cc3)CC2)cc1. The largest absolute Gasteiger partial charge is 0.369 e. The van der Waals surface area contributed by atoms with E-state index < -0.39 is 0 Å². The van der Waals surface area contributed by atoms with Crippen molar-refractivity contribution in [2.45, 2.75) is 12.6 Å². The predicted octanol–water partition coefficient (Wildman–Crippen LogP) is 3.91. The lowest BCUT2D eigenvalue weighted by Gasteiger charge is -2.39. The molecule has 33 heavy (non-hydrogen) atoms. The Morgan fingerprint density at radius 3 is 2.06 bits per heavy atom. The van der Waals surface area contributed by atoms with Gasteiger partial charge in [0, 0.05) is 31.9 Å². The molecule has 8 heteroatoms. The van der Waals surface area contributed by atoms with E-state index in [1.54, 1.807) is 16.8 Å². The average molecular weight is 447 g/mol. The van der Waals surface area contributed by atoms with Crippen molar-refractivity contribution < 1.29 is 8.78 Å². The summed E-state index contributed by atoms with van der Waals surface area (Å²) in [7, 11) is 0. The van der Waals surface area contributed by atoms with Crippen LogP contribution >= 0.6 is 0 Å². The highest BCUT2D eigenvalue weighted by Crippen LogP contribution is 2.29. The molecule has 1 fully saturated rings. The van der Waals surface area contributed by atoms with E-state index in [1.165, 1.54) is 24.3 Å². The van der Waals surface area contributed by atoms with Crippen LogP contribution in [-0.2, 0) is 6.54 Å². The summed E-state index contributed by atoms with van der Waals surface area (Å²) in [5, 5.41) is 12.6. The zero-order valence-electron chi connectivity index (χ0n) is 18.1. The first-order valence-electron chi connectivity index (χ1n) is 11.0. The van der Waals surface area contributed by atoms with E-state index in [1.807, 2.05) is 30.3 Å². The van der Waals surface area contributed by atoms with Gasteiger partial charge in [0.25, 0.3) is 0 Å². The van der Waals surface area contributed by atoms with E-state index in [2.05, 4.69) is 37.5 Å². The molecule has 0 saturated carbocycles. The second kappa shape index (κ2) is 9.46. The van der Waals surface area contributed by atoms with Crippen LogP contribution in [0.25, 0.3) is 0 Å². The van der Waals surface area contributed by atoms with Gasteiger partial charge in [0.1, 0.15) is 11.6 Å². The van der Waals surface area contributed by atoms with Crippen LogP contribution in [0, 0.1) is 11.6 Å². The van der Waals surface area contributed by atoms with Gasteiger partial charge in [0.05, 0.1) is 12.6 Å². The van der Waals surface area contributed by atoms with Crippen LogP contribution in [0.2, 0.25) is 0 Å². The van der Waals surface area contributed by atoms with Crippen molar-refractivity contribution in [2.75, 3.05) is 31.1 Å². The molecule has 5 rings (SSSR count). The zero-order chi connectivity index (χ0) is 22.6. The molecule has 1 aliphatic rings. The Balaban J connectivity index is 1.40. The van der Waals surface area contributed by atoms with Crippen molar-refractivity contribution in [1.29, 1.82) is 0 Å². The van der Waals surface area contributed by atoms with Crippen LogP contribution in [0.5, 0.6) is 0 Å². The minimum Gasteiger partial charge on any atom is -0.369 e. The summed E-state index contributed by atoms with van der Waals surface area (Å²) in [6.07, 6.45) is 0. The topological polar surface area (TPSA) is 50.1 Å². The summed E-state index contributed by atoms with van der Waals surface area (Å²) in [5.41, 5.74) is 3.06. The normalized spacial score (nSPS) is 15.5. The lowest BCUT2D eigenvalue weighted by molar-refractivity contribution is 0.201. The van der Waals surface area contributed by atoms with Gasteiger partial charge in [0.2, 0.25) is 0 Å². The maximum Gasteiger partial charge on any atom is 0.173 e. The second-order valence-electron chi connectivity index (χ2n) is 8.13. The number of benzene rings is 3. The van der Waals surface area contributed by atoms with Crippen LogP contribution in [0.4, 0.5) is 14.5 Å². The molecule has 0 bridgehead atoms. The third-order valence-corrected chi connectivity index (χ3v) is 6.04. The molecule has 1 aliphatic heterocycles. The summed E-state index contributed by atoms with van der Waals surface area (Å²) >= 11 is 0. The smallest absolute Gasteiger partial charge is 0.173 e. The Hall–Kier alpha value is -3.65. The van der Waals surface area contributed by atoms with Crippen LogP contribution in [-0.4, -0.2) is 51.3 Å². The molecular weight excluding hydrogens is 422 g/mol. The first-order chi connectivity index (χ1) is 16.2. The van der Waals surface area contributed by atoms with Crippen molar-refractivity contribution in [3.63, 3.8) is 0 Å². The highest BCUT2D eigenvalue weighted by atomic mass is 19.1. The van der Waals surface area contributed by atoms with Crippen molar-refractivity contribution in [3.05, 3.63) is 107 Å². The molecule has 168 valence electrons. The number of aromatic nitrogens is 4. The van der Waals surface area contributed by atoms with Gasteiger partial charge in [0.15, 0.2) is 5.82 Å². The van der Waals surface area contributed by atoms with Crippen LogP contribution < -0.4 is 4.90 Å². The Kier molecular flexibility index (Phi) is 6.08. The summed E-state index contributed by atoms with van der Waals surface area (Å²) in [6.45, 7) is 3.70. The average Bonchev–Trinajstić information content (AvgIpc) is 3.30. The van der Waals surface area contributed by atoms with Crippen molar-refractivity contribution in [1.82, 2.24) is 25.1 Å². The number of hydrogen-bond acceptors (Lipinski definition) is 5. The highest BCUT2D eigenvalue weighted by Gasteiger charge is 2.30. The number of hydrogen-bond donors (Lipinski definition) is 0. The molecule has 2 heterocycles. The fourth-order valence-electron chi connectivity index (χ4n) is 4.33. The summed E-state index contributed by atoms with van der Waals surface area (Å²) in [4.78, 5) is 4.64. The molecule has 0 radical (unpaired) electrons. The first kappa shape index (κ1) is 21.2. The van der Waals surface area contributed by atoms with E-state index in [4.69, 9.17) is 0 Å². The maximum atomic E-state index is 13.3. The number of nitrogens with zero attached hydrogens (tertiary/aromatic N) is 6. The quantitative estimate of drug-likeness (QED) is 0.450. The summed E-state index contributed by atoms with van der Waals surface area (Å²) in [6, 6.07) is 23.1. The van der Waals surface area contributed by atoms with Gasteiger partial charge in [-0.3, -0.25) is 4.90 Å². The molecule has 0 aliphatic carbocycles. The molecule has 1 saturated heterocycles. The molecule has 4 aromatic rings. The van der Waals surface area contributed by atoms with E-state index >= 15 is 0 Å². The molecule has 1 aromatic heterocycles. The summed E-state index contributed by atoms with van der Waals surface area (Å²) in [5.74, 6) is 0.257. The fraction of sp³-hybridized carbons (Fsp3) is 0.240. The Morgan fingerprint density at radius 1 is 0.758 bits per heavy atom. The van der Waals surface area contributed by atoms with Crippen molar-refractivity contribution >= 4 is 5.69 Å². The van der Waals surface area contributed by atoms with E-state index in [0.29, 0.717) is 6.54 Å². The lowest BCUT2D eigenvalue weighted by atomic mass is 10.0. The molecule has 0 unspecified atom stereocenters. The van der Waals surface area contributed by atoms with Gasteiger partial charge in [-0.15, -0.1) is 5.10 Å². The van der Waals surface area contributed by atoms with Gasteiger partial charge in [-0.1, -0.05) is 42.5 Å². The van der Waals surface area contributed by atoms with E-state index in [-0.39, 0.29) is 17.7 Å². The molecular formula is C25H24F2N6. The summed E-state index contributed by atoms with van der Waals surface area (Å²) < 4.78 is 28.4. The van der Waals surface area contributed by atoms with Crippen molar-refractivity contribution in [2.24, 2.45) is 0 Å². The second-order valence-corrected chi connectivity index (χ2v) is 8.13. The Morgan fingerprint density at radius 2 is 1.39 bits per heavy atom. The number of tetrazole rings is 1. The van der Waals surface area contributed by atoms with Crippen LogP contribution in [0.1, 0.15) is 23.0 Å². The molecule has 6 nitrogen and oxygen atoms in total.